The maximum Gasteiger partial charge on any atom is 0.335 e. The molecule has 0 aliphatic heterocycles. The quantitative estimate of drug-likeness (QED) is 0.686. The first-order valence-corrected chi connectivity index (χ1v) is 6.41. The summed E-state index contributed by atoms with van der Waals surface area (Å²) in [7, 11) is 0. The Balaban J connectivity index is 2.28. The summed E-state index contributed by atoms with van der Waals surface area (Å²) in [5.41, 5.74) is 0.797. The average molecular weight is 290 g/mol. The molecule has 0 radical (unpaired) electrons. The van der Waals surface area contributed by atoms with Crippen molar-refractivity contribution in [1.82, 2.24) is 4.98 Å². The number of pyridine rings is 1. The van der Waals surface area contributed by atoms with Crippen LogP contribution in [-0.2, 0) is 0 Å². The zero-order valence-electron chi connectivity index (χ0n) is 10.4. The van der Waals surface area contributed by atoms with E-state index in [2.05, 4.69) is 4.98 Å². The highest BCUT2D eigenvalue weighted by atomic mass is 32.2. The van der Waals surface area contributed by atoms with Gasteiger partial charge in [0.25, 0.3) is 5.69 Å². The molecule has 0 unspecified atom stereocenters. The molecule has 0 fully saturated rings. The molecule has 0 saturated carbocycles. The number of benzene rings is 1. The third-order valence-corrected chi connectivity index (χ3v) is 3.63. The second-order valence-electron chi connectivity index (χ2n) is 4.01. The molecule has 1 aromatic heterocycles. The number of aromatic carboxylic acids is 1. The van der Waals surface area contributed by atoms with Crippen LogP contribution in [0.25, 0.3) is 0 Å². The van der Waals surface area contributed by atoms with Crippen molar-refractivity contribution in [2.24, 2.45) is 0 Å². The van der Waals surface area contributed by atoms with Gasteiger partial charge < -0.3 is 5.11 Å². The summed E-state index contributed by atoms with van der Waals surface area (Å²) < 4.78 is 0. The van der Waals surface area contributed by atoms with Crippen LogP contribution in [0, 0.1) is 17.0 Å². The van der Waals surface area contributed by atoms with Gasteiger partial charge in [0.2, 0.25) is 0 Å². The molecule has 2 aromatic rings. The molecule has 0 spiro atoms. The van der Waals surface area contributed by atoms with Crippen LogP contribution in [0.1, 0.15) is 15.9 Å². The molecule has 2 rings (SSSR count). The summed E-state index contributed by atoms with van der Waals surface area (Å²) in [6.45, 7) is 1.73. The predicted molar refractivity (Wildman–Crippen MR) is 73.2 cm³/mol. The summed E-state index contributed by atoms with van der Waals surface area (Å²) >= 11 is 1.27. The minimum Gasteiger partial charge on any atom is -0.478 e. The lowest BCUT2D eigenvalue weighted by Gasteiger charge is -2.05. The number of hydrogen-bond acceptors (Lipinski definition) is 5. The molecule has 6 nitrogen and oxygen atoms in total. The molecule has 1 aromatic carbocycles. The fourth-order valence-electron chi connectivity index (χ4n) is 1.56. The monoisotopic (exact) mass is 290 g/mol. The highest BCUT2D eigenvalue weighted by molar-refractivity contribution is 7.99. The van der Waals surface area contributed by atoms with E-state index in [1.54, 1.807) is 19.1 Å². The van der Waals surface area contributed by atoms with E-state index in [-0.39, 0.29) is 11.3 Å². The van der Waals surface area contributed by atoms with Crippen molar-refractivity contribution in [3.05, 3.63) is 57.8 Å². The van der Waals surface area contributed by atoms with Gasteiger partial charge in [-0.25, -0.2) is 9.78 Å². The third kappa shape index (κ3) is 3.12. The maximum absolute atomic E-state index is 10.9. The lowest BCUT2D eigenvalue weighted by Crippen LogP contribution is -1.96. The van der Waals surface area contributed by atoms with E-state index in [0.29, 0.717) is 15.5 Å². The fraction of sp³-hybridized carbons (Fsp3) is 0.0769. The predicted octanol–water partition coefficient (Wildman–Crippen LogP) is 3.15. The van der Waals surface area contributed by atoms with Gasteiger partial charge in [-0.3, -0.25) is 10.1 Å². The van der Waals surface area contributed by atoms with E-state index in [0.717, 1.165) is 0 Å². The lowest BCUT2D eigenvalue weighted by molar-refractivity contribution is -0.385. The van der Waals surface area contributed by atoms with Crippen LogP contribution in [0.15, 0.2) is 46.5 Å². The summed E-state index contributed by atoms with van der Waals surface area (Å²) in [6.07, 6.45) is 1.19. The average Bonchev–Trinajstić information content (AvgIpc) is 2.41. The van der Waals surface area contributed by atoms with Gasteiger partial charge in [0, 0.05) is 11.0 Å². The smallest absolute Gasteiger partial charge is 0.335 e. The Hall–Kier alpha value is -2.41. The van der Waals surface area contributed by atoms with E-state index in [1.165, 1.54) is 36.2 Å². The van der Waals surface area contributed by atoms with E-state index in [9.17, 15) is 14.9 Å². The number of carboxylic acids is 1. The minimum atomic E-state index is -0.999. The first-order chi connectivity index (χ1) is 9.47. The van der Waals surface area contributed by atoms with Gasteiger partial charge in [-0.05, 0) is 30.7 Å². The Morgan fingerprint density at radius 2 is 2.15 bits per heavy atom. The molecule has 7 heteroatoms. The van der Waals surface area contributed by atoms with E-state index in [1.807, 2.05) is 0 Å². The number of nitrogens with zero attached hydrogens (tertiary/aromatic N) is 2. The Labute approximate surface area is 118 Å². The van der Waals surface area contributed by atoms with Crippen molar-refractivity contribution in [1.29, 1.82) is 0 Å². The zero-order valence-corrected chi connectivity index (χ0v) is 11.3. The number of carboxylic acid groups (broad SMARTS) is 1. The van der Waals surface area contributed by atoms with Crippen molar-refractivity contribution in [2.45, 2.75) is 16.8 Å². The van der Waals surface area contributed by atoms with Crippen LogP contribution in [0.5, 0.6) is 0 Å². The standard InChI is InChI=1S/C13H10N2O4S/c1-8-5-10(15(18)19)7-14-12(8)20-11-4-2-3-9(6-11)13(16)17/h2-7H,1H3,(H,16,17). The van der Waals surface area contributed by atoms with Gasteiger partial charge in [0.15, 0.2) is 0 Å². The fourth-order valence-corrected chi connectivity index (χ4v) is 2.44. The molecule has 0 bridgehead atoms. The Kier molecular flexibility index (Phi) is 3.99. The van der Waals surface area contributed by atoms with Crippen LogP contribution in [-0.4, -0.2) is 21.0 Å². The normalized spacial score (nSPS) is 10.2. The molecule has 0 aliphatic rings. The second kappa shape index (κ2) is 5.70. The summed E-state index contributed by atoms with van der Waals surface area (Å²) in [6, 6.07) is 7.89. The summed E-state index contributed by atoms with van der Waals surface area (Å²) in [5, 5.41) is 20.2. The van der Waals surface area contributed by atoms with E-state index in [4.69, 9.17) is 5.11 Å². The maximum atomic E-state index is 10.9. The van der Waals surface area contributed by atoms with Crippen molar-refractivity contribution in [2.75, 3.05) is 0 Å². The molecule has 0 aliphatic carbocycles. The molecular formula is C13H10N2O4S. The van der Waals surface area contributed by atoms with Gasteiger partial charge in [-0.15, -0.1) is 0 Å². The van der Waals surface area contributed by atoms with Gasteiger partial charge in [-0.1, -0.05) is 17.8 Å². The second-order valence-corrected chi connectivity index (χ2v) is 5.07. The van der Waals surface area contributed by atoms with Gasteiger partial charge in [-0.2, -0.15) is 0 Å². The van der Waals surface area contributed by atoms with Crippen LogP contribution in [0.2, 0.25) is 0 Å². The third-order valence-electron chi connectivity index (χ3n) is 2.52. The first kappa shape index (κ1) is 14.0. The Morgan fingerprint density at radius 3 is 2.75 bits per heavy atom. The lowest BCUT2D eigenvalue weighted by atomic mass is 10.2. The van der Waals surface area contributed by atoms with Crippen LogP contribution in [0.4, 0.5) is 5.69 Å². The van der Waals surface area contributed by atoms with E-state index >= 15 is 0 Å². The molecule has 0 amide bonds. The molecular weight excluding hydrogens is 280 g/mol. The zero-order chi connectivity index (χ0) is 14.7. The molecule has 0 saturated heterocycles. The Morgan fingerprint density at radius 1 is 1.40 bits per heavy atom. The molecule has 20 heavy (non-hydrogen) atoms. The highest BCUT2D eigenvalue weighted by Crippen LogP contribution is 2.30. The number of hydrogen-bond donors (Lipinski definition) is 1. The summed E-state index contributed by atoms with van der Waals surface area (Å²) in [5.74, 6) is -0.999. The molecule has 1 N–H and O–H groups in total. The number of aromatic nitrogens is 1. The number of nitro groups is 1. The molecule has 1 heterocycles. The molecule has 0 atom stereocenters. The van der Waals surface area contributed by atoms with Crippen LogP contribution < -0.4 is 0 Å². The Bertz CT molecular complexity index is 688. The van der Waals surface area contributed by atoms with Gasteiger partial charge in [0.1, 0.15) is 11.2 Å². The minimum absolute atomic E-state index is 0.0638. The number of rotatable bonds is 4. The largest absolute Gasteiger partial charge is 0.478 e. The SMILES string of the molecule is Cc1cc([N+](=O)[O-])cnc1Sc1cccc(C(=O)O)c1. The first-order valence-electron chi connectivity index (χ1n) is 5.59. The van der Waals surface area contributed by atoms with E-state index < -0.39 is 10.9 Å². The van der Waals surface area contributed by atoms with Gasteiger partial charge in [0.05, 0.1) is 10.5 Å². The number of carbonyl (C=O) groups is 1. The summed E-state index contributed by atoms with van der Waals surface area (Å²) in [4.78, 5) is 25.8. The van der Waals surface area contributed by atoms with Crippen molar-refractivity contribution >= 4 is 23.4 Å². The topological polar surface area (TPSA) is 93.3 Å². The van der Waals surface area contributed by atoms with Crippen molar-refractivity contribution in [3.63, 3.8) is 0 Å². The molecule has 102 valence electrons. The van der Waals surface area contributed by atoms with Crippen LogP contribution in [0.3, 0.4) is 0 Å². The van der Waals surface area contributed by atoms with Crippen molar-refractivity contribution < 1.29 is 14.8 Å². The number of aryl methyl sites for hydroxylation is 1. The van der Waals surface area contributed by atoms with Crippen LogP contribution >= 0.6 is 11.8 Å². The highest BCUT2D eigenvalue weighted by Gasteiger charge is 2.11. The van der Waals surface area contributed by atoms with Crippen molar-refractivity contribution in [3.8, 4) is 0 Å². The van der Waals surface area contributed by atoms with Gasteiger partial charge >= 0.3 is 5.97 Å².